The minimum atomic E-state index is -1.37. The monoisotopic (exact) mass is 375 g/mol. The molecule has 5 N–H and O–H groups in total. The maximum Gasteiger partial charge on any atom is 0.526 e. The average molecular weight is 375 g/mol. The van der Waals surface area contributed by atoms with E-state index in [1.54, 1.807) is 12.1 Å². The molecule has 0 radical (unpaired) electrons. The van der Waals surface area contributed by atoms with Crippen molar-refractivity contribution >= 4 is 41.1 Å². The number of anilines is 1. The molecule has 0 fully saturated rings. The van der Waals surface area contributed by atoms with Gasteiger partial charge >= 0.3 is 13.1 Å². The van der Waals surface area contributed by atoms with E-state index in [1.807, 2.05) is 0 Å². The topological polar surface area (TPSA) is 155 Å². The third-order valence-corrected chi connectivity index (χ3v) is 4.70. The molecule has 0 aliphatic carbocycles. The maximum atomic E-state index is 12.5. The van der Waals surface area contributed by atoms with E-state index in [0.29, 0.717) is 5.56 Å². The number of carbonyl (C=O) groups excluding carboxylic acids is 1. The van der Waals surface area contributed by atoms with Gasteiger partial charge in [0.25, 0.3) is 0 Å². The fourth-order valence-corrected chi connectivity index (χ4v) is 3.36. The normalized spacial score (nSPS) is 16.7. The lowest BCUT2D eigenvalue weighted by Gasteiger charge is -2.27. The van der Waals surface area contributed by atoms with Gasteiger partial charge in [0, 0.05) is 17.6 Å². The van der Waals surface area contributed by atoms with Crippen LogP contribution in [0.2, 0.25) is 5.82 Å². The predicted octanol–water partition coefficient (Wildman–Crippen LogP) is 1.05. The van der Waals surface area contributed by atoms with Crippen LogP contribution in [0.5, 0.6) is 5.75 Å². The molecule has 134 valence electrons. The number of rotatable bonds is 5. The zero-order valence-corrected chi connectivity index (χ0v) is 14.1. The van der Waals surface area contributed by atoms with Crippen LogP contribution in [-0.4, -0.2) is 44.9 Å². The number of para-hydroxylation sites is 1. The predicted molar refractivity (Wildman–Crippen MR) is 93.9 cm³/mol. The molecular formula is C15H14BN3O6S. The van der Waals surface area contributed by atoms with Gasteiger partial charge in [0.2, 0.25) is 0 Å². The molecular weight excluding hydrogens is 361 g/mol. The number of aromatic nitrogens is 1. The van der Waals surface area contributed by atoms with E-state index in [0.717, 1.165) is 11.3 Å². The molecule has 9 nitrogen and oxygen atoms in total. The summed E-state index contributed by atoms with van der Waals surface area (Å²) in [4.78, 5) is 27.6. The van der Waals surface area contributed by atoms with E-state index in [4.69, 9.17) is 15.6 Å². The largest absolute Gasteiger partial charge is 0.535 e. The number of benzene rings is 1. The smallest absolute Gasteiger partial charge is 0.526 e. The highest BCUT2D eigenvalue weighted by atomic mass is 32.1. The van der Waals surface area contributed by atoms with Crippen LogP contribution in [0.15, 0.2) is 28.7 Å². The number of aromatic carboxylic acids is 1. The highest BCUT2D eigenvalue weighted by Gasteiger charge is 2.38. The Labute approximate surface area is 151 Å². The molecule has 1 atom stereocenters. The number of carboxylic acids is 1. The number of hydrogen-bond donors (Lipinski definition) is 4. The molecule has 11 heteroatoms. The van der Waals surface area contributed by atoms with Gasteiger partial charge in [-0.15, -0.1) is 11.3 Å². The summed E-state index contributed by atoms with van der Waals surface area (Å²) in [5, 5.41) is 33.3. The van der Waals surface area contributed by atoms with Crippen molar-refractivity contribution in [3.05, 3.63) is 40.4 Å². The third kappa shape index (κ3) is 3.39. The first kappa shape index (κ1) is 17.9. The molecule has 3 rings (SSSR count). The number of hydrogen-bond acceptors (Lipinski definition) is 9. The quantitative estimate of drug-likeness (QED) is 0.262. The molecule has 26 heavy (non-hydrogen) atoms. The van der Waals surface area contributed by atoms with Gasteiger partial charge in [0.15, 0.2) is 16.6 Å². The summed E-state index contributed by atoms with van der Waals surface area (Å²) in [7, 11) is -1.37. The van der Waals surface area contributed by atoms with Crippen molar-refractivity contribution in [3.8, 4) is 5.75 Å². The van der Waals surface area contributed by atoms with Gasteiger partial charge in [-0.25, -0.2) is 9.78 Å². The highest BCUT2D eigenvalue weighted by Crippen LogP contribution is 2.36. The van der Waals surface area contributed by atoms with Crippen molar-refractivity contribution in [1.29, 1.82) is 0 Å². The van der Waals surface area contributed by atoms with E-state index < -0.39 is 24.7 Å². The standard InChI is InChI=1S/C15H14BN3O6S/c17-15-18-10(6-26-15)12(19-24)11(20)5-8-4-7-2-1-3-9(14(21)22)13(7)25-16(8)23/h1-3,6,8,23-24H,4-5H2,(H2,17,18)(H,21,22)/b19-12+/t8-/m1/s1. The number of thiazole rings is 1. The summed E-state index contributed by atoms with van der Waals surface area (Å²) in [6.07, 6.45) is 0.0655. The number of carbonyl (C=O) groups is 2. The van der Waals surface area contributed by atoms with E-state index in [-0.39, 0.29) is 40.7 Å². The van der Waals surface area contributed by atoms with E-state index >= 15 is 0 Å². The van der Waals surface area contributed by atoms with E-state index in [2.05, 4.69) is 10.1 Å². The zero-order chi connectivity index (χ0) is 18.8. The molecule has 2 aromatic rings. The Kier molecular flexibility index (Phi) is 4.91. The number of nitrogen functional groups attached to an aromatic ring is 1. The fraction of sp³-hybridized carbons (Fsp3) is 0.200. The van der Waals surface area contributed by atoms with Crippen molar-refractivity contribution in [2.45, 2.75) is 18.7 Å². The Morgan fingerprint density at radius 3 is 2.85 bits per heavy atom. The Balaban J connectivity index is 1.80. The minimum Gasteiger partial charge on any atom is -0.535 e. The summed E-state index contributed by atoms with van der Waals surface area (Å²) in [6, 6.07) is 4.62. The lowest BCUT2D eigenvalue weighted by Crippen LogP contribution is -2.36. The van der Waals surface area contributed by atoms with Crippen LogP contribution in [-0.2, 0) is 11.2 Å². The molecule has 1 aromatic heterocycles. The molecule has 0 saturated carbocycles. The molecule has 1 aliphatic rings. The molecule has 0 amide bonds. The second-order valence-corrected chi connectivity index (χ2v) is 6.61. The first-order valence-corrected chi connectivity index (χ1v) is 8.45. The van der Waals surface area contributed by atoms with Crippen molar-refractivity contribution in [1.82, 2.24) is 4.98 Å². The third-order valence-electron chi connectivity index (χ3n) is 4.03. The first-order chi connectivity index (χ1) is 12.4. The Morgan fingerprint density at radius 2 is 2.23 bits per heavy atom. The van der Waals surface area contributed by atoms with Crippen LogP contribution in [0, 0.1) is 0 Å². The molecule has 0 bridgehead atoms. The molecule has 2 heterocycles. The van der Waals surface area contributed by atoms with Crippen LogP contribution in [0.3, 0.4) is 0 Å². The summed E-state index contributed by atoms with van der Waals surface area (Å²) in [5.41, 5.74) is 5.94. The second-order valence-electron chi connectivity index (χ2n) is 5.72. The Bertz CT molecular complexity index is 899. The molecule has 0 unspecified atom stereocenters. The number of nitrogens with two attached hydrogens (primary N) is 1. The van der Waals surface area contributed by atoms with Crippen LogP contribution >= 0.6 is 11.3 Å². The van der Waals surface area contributed by atoms with Crippen molar-refractivity contribution in [2.24, 2.45) is 5.16 Å². The van der Waals surface area contributed by atoms with Gasteiger partial charge in [0.05, 0.1) is 5.56 Å². The number of oxime groups is 1. The lowest BCUT2D eigenvalue weighted by molar-refractivity contribution is -0.113. The van der Waals surface area contributed by atoms with Gasteiger partial charge in [-0.2, -0.15) is 0 Å². The number of carboxylic acid groups (broad SMARTS) is 1. The van der Waals surface area contributed by atoms with Gasteiger partial charge in [-0.3, -0.25) is 4.79 Å². The van der Waals surface area contributed by atoms with Crippen LogP contribution < -0.4 is 10.4 Å². The second kappa shape index (κ2) is 7.14. The number of fused-ring (bicyclic) bond motifs is 1. The van der Waals surface area contributed by atoms with E-state index in [9.17, 15) is 19.7 Å². The van der Waals surface area contributed by atoms with Gasteiger partial charge in [-0.1, -0.05) is 17.3 Å². The SMILES string of the molecule is Nc1nc(/C(=N\O)C(=O)C[C@H]2Cc3cccc(C(=O)O)c3OB2O)cs1. The van der Waals surface area contributed by atoms with Crippen molar-refractivity contribution < 1.29 is 29.6 Å². The lowest BCUT2D eigenvalue weighted by atomic mass is 9.64. The zero-order valence-electron chi connectivity index (χ0n) is 13.3. The summed E-state index contributed by atoms with van der Waals surface area (Å²) < 4.78 is 5.35. The number of Topliss-reactive ketones (excluding diaryl/α,β-unsaturated/α-hetero) is 1. The summed E-state index contributed by atoms with van der Waals surface area (Å²) in [5.74, 6) is -2.24. The van der Waals surface area contributed by atoms with E-state index in [1.165, 1.54) is 11.4 Å². The Hall–Kier alpha value is -2.92. The van der Waals surface area contributed by atoms with Crippen LogP contribution in [0.1, 0.15) is 28.0 Å². The van der Waals surface area contributed by atoms with Gasteiger partial charge in [0.1, 0.15) is 11.4 Å². The van der Waals surface area contributed by atoms with Gasteiger partial charge in [-0.05, 0) is 18.1 Å². The van der Waals surface area contributed by atoms with Crippen molar-refractivity contribution in [2.75, 3.05) is 5.73 Å². The average Bonchev–Trinajstić information content (AvgIpc) is 3.01. The first-order valence-electron chi connectivity index (χ1n) is 7.57. The number of ketones is 1. The molecule has 1 aliphatic heterocycles. The van der Waals surface area contributed by atoms with Crippen LogP contribution in [0.25, 0.3) is 0 Å². The highest BCUT2D eigenvalue weighted by molar-refractivity contribution is 7.13. The van der Waals surface area contributed by atoms with Crippen molar-refractivity contribution in [3.63, 3.8) is 0 Å². The maximum absolute atomic E-state index is 12.5. The summed E-state index contributed by atoms with van der Waals surface area (Å²) in [6.45, 7) is 0. The number of nitrogens with zero attached hydrogens (tertiary/aromatic N) is 2. The Morgan fingerprint density at radius 1 is 1.46 bits per heavy atom. The minimum absolute atomic E-state index is 0.0538. The molecule has 0 saturated heterocycles. The van der Waals surface area contributed by atoms with Gasteiger partial charge < -0.3 is 25.7 Å². The molecule has 1 aromatic carbocycles. The fourth-order valence-electron chi connectivity index (χ4n) is 2.81. The van der Waals surface area contributed by atoms with Crippen LogP contribution in [0.4, 0.5) is 5.13 Å². The summed E-state index contributed by atoms with van der Waals surface area (Å²) >= 11 is 1.10. The molecule has 0 spiro atoms.